The van der Waals surface area contributed by atoms with Crippen LogP contribution < -0.4 is 5.32 Å². The smallest absolute Gasteiger partial charge is 0.156 e. The van der Waals surface area contributed by atoms with Crippen molar-refractivity contribution in [1.82, 2.24) is 9.97 Å². The lowest BCUT2D eigenvalue weighted by molar-refractivity contribution is 0.101. The summed E-state index contributed by atoms with van der Waals surface area (Å²) in [6.45, 7) is 8.05. The third kappa shape index (κ3) is 2.98. The van der Waals surface area contributed by atoms with E-state index in [1.54, 1.807) is 12.1 Å². The van der Waals surface area contributed by atoms with Crippen molar-refractivity contribution < 1.29 is 4.79 Å². The first kappa shape index (κ1) is 14.5. The number of carbonyl (C=O) groups is 1. The molecule has 0 atom stereocenters. The minimum absolute atomic E-state index is 0.0310. The van der Waals surface area contributed by atoms with E-state index in [-0.39, 0.29) is 17.6 Å². The summed E-state index contributed by atoms with van der Waals surface area (Å²) in [6.07, 6.45) is -0.0310. The third-order valence-electron chi connectivity index (χ3n) is 2.85. The van der Waals surface area contributed by atoms with E-state index >= 15 is 0 Å². The van der Waals surface area contributed by atoms with Crippen LogP contribution in [-0.2, 0) is 0 Å². The molecule has 0 amide bonds. The van der Waals surface area contributed by atoms with Gasteiger partial charge >= 0.3 is 0 Å². The summed E-state index contributed by atoms with van der Waals surface area (Å²) in [5.74, 6) is 0.567. The van der Waals surface area contributed by atoms with Gasteiger partial charge in [-0.1, -0.05) is 6.07 Å². The van der Waals surface area contributed by atoms with Crippen molar-refractivity contribution in [3.63, 3.8) is 0 Å². The van der Waals surface area contributed by atoms with Crippen molar-refractivity contribution in [3.8, 4) is 0 Å². The van der Waals surface area contributed by atoms with Gasteiger partial charge in [0.25, 0.3) is 0 Å². The number of fused-ring (bicyclic) bond motifs is 1. The van der Waals surface area contributed by atoms with Crippen LogP contribution in [0.5, 0.6) is 0 Å². The number of ketones is 1. The Morgan fingerprint density at radius 1 is 1.30 bits per heavy atom. The molecule has 4 nitrogen and oxygen atoms in total. The Balaban J connectivity index is 2.63. The summed E-state index contributed by atoms with van der Waals surface area (Å²) >= 11 is 0. The lowest BCUT2D eigenvalue weighted by Crippen LogP contribution is -2.27. The number of para-hydroxylation sites is 1. The maximum Gasteiger partial charge on any atom is 0.156 e. The molecule has 0 aliphatic rings. The van der Waals surface area contributed by atoms with Crippen LogP contribution >= 0.6 is 0 Å². The largest absolute Gasteiger partial charge is 0.364 e. The Morgan fingerprint density at radius 3 is 2.60 bits per heavy atom. The molecule has 1 aromatic heterocycles. The molecule has 2 radical (unpaired) electrons. The van der Waals surface area contributed by atoms with Crippen LogP contribution in [0.1, 0.15) is 36.8 Å². The van der Waals surface area contributed by atoms with E-state index in [0.29, 0.717) is 22.4 Å². The first-order chi connectivity index (χ1) is 9.31. The van der Waals surface area contributed by atoms with Gasteiger partial charge in [0.15, 0.2) is 5.78 Å². The molecule has 1 heterocycles. The average Bonchev–Trinajstić information content (AvgIpc) is 2.36. The van der Waals surface area contributed by atoms with Crippen LogP contribution in [0.3, 0.4) is 0 Å². The van der Waals surface area contributed by atoms with E-state index in [1.807, 2.05) is 13.0 Å². The first-order valence-electron chi connectivity index (χ1n) is 6.60. The van der Waals surface area contributed by atoms with E-state index in [1.165, 1.54) is 0 Å². The molecule has 1 N–H and O–H groups in total. The van der Waals surface area contributed by atoms with E-state index < -0.39 is 0 Å². The number of carbonyl (C=O) groups excluding carboxylic acids is 1. The number of Topliss-reactive ketones (excluding diaryl/α,β-unsaturated/α-hetero) is 1. The van der Waals surface area contributed by atoms with E-state index in [9.17, 15) is 4.79 Å². The Morgan fingerprint density at radius 2 is 2.00 bits per heavy atom. The third-order valence-corrected chi connectivity index (χ3v) is 2.85. The molecular weight excluding hydrogens is 249 g/mol. The quantitative estimate of drug-likeness (QED) is 0.686. The molecule has 1 aromatic carbocycles. The van der Waals surface area contributed by atoms with Crippen LogP contribution in [0, 0.1) is 6.92 Å². The normalized spacial score (nSPS) is 11.6. The van der Waals surface area contributed by atoms with Crippen LogP contribution in [0.2, 0.25) is 6.32 Å². The van der Waals surface area contributed by atoms with E-state index in [2.05, 4.69) is 36.1 Å². The van der Waals surface area contributed by atoms with Gasteiger partial charge in [-0.05, 0) is 46.1 Å². The van der Waals surface area contributed by atoms with Crippen molar-refractivity contribution in [1.29, 1.82) is 0 Å². The second-order valence-corrected chi connectivity index (χ2v) is 5.83. The highest BCUT2D eigenvalue weighted by Gasteiger charge is 2.16. The fraction of sp³-hybridized carbons (Fsp3) is 0.400. The number of anilines is 1. The Kier molecular flexibility index (Phi) is 3.79. The summed E-state index contributed by atoms with van der Waals surface area (Å²) in [5.41, 5.74) is 2.51. The van der Waals surface area contributed by atoms with E-state index in [0.717, 1.165) is 5.69 Å². The van der Waals surface area contributed by atoms with Gasteiger partial charge in [-0.2, -0.15) is 0 Å². The van der Waals surface area contributed by atoms with Crippen LogP contribution in [0.15, 0.2) is 18.2 Å². The fourth-order valence-electron chi connectivity index (χ4n) is 1.97. The van der Waals surface area contributed by atoms with Crippen LogP contribution in [0.4, 0.5) is 5.82 Å². The fourth-order valence-corrected chi connectivity index (χ4v) is 1.97. The molecule has 0 bridgehead atoms. The van der Waals surface area contributed by atoms with Gasteiger partial charge in [-0.3, -0.25) is 4.79 Å². The number of aromatic nitrogens is 2. The Hall–Kier alpha value is -1.91. The first-order valence-corrected chi connectivity index (χ1v) is 6.60. The maximum absolute atomic E-state index is 11.9. The zero-order valence-electron chi connectivity index (χ0n) is 12.3. The van der Waals surface area contributed by atoms with Crippen molar-refractivity contribution in [2.75, 3.05) is 5.32 Å². The second kappa shape index (κ2) is 5.23. The summed E-state index contributed by atoms with van der Waals surface area (Å²) in [6, 6.07) is 5.39. The van der Waals surface area contributed by atoms with Gasteiger partial charge in [0.1, 0.15) is 11.3 Å². The molecule has 5 heteroatoms. The average molecular weight is 267 g/mol. The summed E-state index contributed by atoms with van der Waals surface area (Å²) in [7, 11) is 5.45. The highest BCUT2D eigenvalue weighted by Crippen LogP contribution is 2.22. The molecule has 0 spiro atoms. The molecule has 0 aliphatic carbocycles. The van der Waals surface area contributed by atoms with Crippen molar-refractivity contribution in [2.45, 2.75) is 39.6 Å². The summed E-state index contributed by atoms with van der Waals surface area (Å²) in [5, 5.41) is 3.31. The highest BCUT2D eigenvalue weighted by molar-refractivity contribution is 6.25. The predicted octanol–water partition coefficient (Wildman–Crippen LogP) is 2.92. The van der Waals surface area contributed by atoms with Crippen molar-refractivity contribution >= 4 is 30.5 Å². The zero-order valence-corrected chi connectivity index (χ0v) is 12.3. The predicted molar refractivity (Wildman–Crippen MR) is 82.5 cm³/mol. The van der Waals surface area contributed by atoms with Crippen LogP contribution in [0.25, 0.3) is 11.0 Å². The molecule has 102 valence electrons. The van der Waals surface area contributed by atoms with Gasteiger partial charge < -0.3 is 5.32 Å². The number of benzene rings is 1. The molecule has 2 rings (SSSR count). The lowest BCUT2D eigenvalue weighted by atomic mass is 9.95. The van der Waals surface area contributed by atoms with Gasteiger partial charge in [-0.15, -0.1) is 0 Å². The molecular formula is C15H18BN3O. The molecule has 0 fully saturated rings. The number of nitrogens with zero attached hydrogens (tertiary/aromatic N) is 2. The number of rotatable bonds is 3. The SMILES string of the molecule is [B]CC(=O)c1cccc2nc(C)c(NC(C)(C)C)nc12. The zero-order chi connectivity index (χ0) is 14.9. The molecule has 0 saturated heterocycles. The second-order valence-electron chi connectivity index (χ2n) is 5.83. The Labute approximate surface area is 120 Å². The Bertz CT molecular complexity index is 662. The molecule has 0 unspecified atom stereocenters. The highest BCUT2D eigenvalue weighted by atomic mass is 16.1. The molecule has 2 aromatic rings. The lowest BCUT2D eigenvalue weighted by Gasteiger charge is -2.22. The van der Waals surface area contributed by atoms with E-state index in [4.69, 9.17) is 7.85 Å². The van der Waals surface area contributed by atoms with Crippen LogP contribution in [-0.4, -0.2) is 29.1 Å². The standard InChI is InChI=1S/C15H18BN3O/c1-9-14(19-15(2,3)4)18-13-10(12(20)8-16)6-5-7-11(13)17-9/h5-7H,8H2,1-4H3,(H,18,19). The maximum atomic E-state index is 11.9. The number of aryl methyl sites for hydroxylation is 1. The molecule has 0 aliphatic heterocycles. The van der Waals surface area contributed by atoms with Gasteiger partial charge in [0.05, 0.1) is 19.1 Å². The number of nitrogens with one attached hydrogen (secondary N) is 1. The minimum Gasteiger partial charge on any atom is -0.364 e. The van der Waals surface area contributed by atoms with Gasteiger partial charge in [0.2, 0.25) is 0 Å². The molecule has 0 saturated carbocycles. The summed E-state index contributed by atoms with van der Waals surface area (Å²) < 4.78 is 0. The van der Waals surface area contributed by atoms with Gasteiger partial charge in [-0.25, -0.2) is 9.97 Å². The number of hydrogen-bond donors (Lipinski definition) is 1. The monoisotopic (exact) mass is 267 g/mol. The minimum atomic E-state index is -0.129. The summed E-state index contributed by atoms with van der Waals surface area (Å²) in [4.78, 5) is 21.0. The van der Waals surface area contributed by atoms with Crippen molar-refractivity contribution in [3.05, 3.63) is 29.5 Å². The van der Waals surface area contributed by atoms with Gasteiger partial charge in [0, 0.05) is 11.1 Å². The number of hydrogen-bond acceptors (Lipinski definition) is 4. The molecule has 20 heavy (non-hydrogen) atoms. The topological polar surface area (TPSA) is 54.9 Å². The van der Waals surface area contributed by atoms with Crippen molar-refractivity contribution in [2.24, 2.45) is 0 Å².